The number of anilines is 2. The number of thioether (sulfide) groups is 1. The summed E-state index contributed by atoms with van der Waals surface area (Å²) in [5.41, 5.74) is 1.73. The number of halogens is 2. The number of hydrogen-bond donors (Lipinski definition) is 1. The number of imide groups is 1. The Morgan fingerprint density at radius 3 is 2.36 bits per heavy atom. The normalized spacial score (nSPS) is 19.0. The molecule has 44 heavy (non-hydrogen) atoms. The van der Waals surface area contributed by atoms with E-state index < -0.39 is 45.6 Å². The Labute approximate surface area is 269 Å². The fourth-order valence-electron chi connectivity index (χ4n) is 5.43. The molecule has 1 saturated heterocycles. The van der Waals surface area contributed by atoms with Crippen LogP contribution in [0.3, 0.4) is 0 Å². The molecule has 2 aliphatic rings. The van der Waals surface area contributed by atoms with Gasteiger partial charge in [0.05, 0.1) is 38.8 Å². The maximum Gasteiger partial charge on any atom is 0.338 e. The average Bonchev–Trinajstić information content (AvgIpc) is 3.45. The van der Waals surface area contributed by atoms with E-state index in [0.717, 1.165) is 23.1 Å². The minimum absolute atomic E-state index is 0.227. The second-order valence-electron chi connectivity index (χ2n) is 10.0. The van der Waals surface area contributed by atoms with Gasteiger partial charge < -0.3 is 10.1 Å². The largest absolute Gasteiger partial charge is 0.462 e. The Bertz CT molecular complexity index is 1860. The van der Waals surface area contributed by atoms with Crippen molar-refractivity contribution in [2.45, 2.75) is 29.7 Å². The van der Waals surface area contributed by atoms with E-state index in [1.807, 2.05) is 0 Å². The molecule has 6 rings (SSSR count). The molecule has 3 amide bonds. The van der Waals surface area contributed by atoms with Crippen molar-refractivity contribution in [1.29, 1.82) is 0 Å². The number of carbonyl (C=O) groups is 4. The number of rotatable bonds is 7. The highest BCUT2D eigenvalue weighted by molar-refractivity contribution is 8.00. The summed E-state index contributed by atoms with van der Waals surface area (Å²) in [5.74, 6) is -3.38. The SMILES string of the molecule is CCOC(=O)c1ccc(NC(=O)Cn2c3c(sc2=O)C(c2cccc(Cl)c2Cl)C2C(=O)N(c4ccccc4)C(=O)C2S3)cc1. The molecule has 1 N–H and O–H groups in total. The van der Waals surface area contributed by atoms with Crippen molar-refractivity contribution in [2.24, 2.45) is 5.92 Å². The molecule has 0 saturated carbocycles. The molecule has 0 bridgehead atoms. The lowest BCUT2D eigenvalue weighted by Gasteiger charge is -2.31. The first kappa shape index (κ1) is 30.1. The molecule has 9 nitrogen and oxygen atoms in total. The summed E-state index contributed by atoms with van der Waals surface area (Å²) in [7, 11) is 0. The second kappa shape index (κ2) is 12.2. The van der Waals surface area contributed by atoms with Crippen molar-refractivity contribution in [2.75, 3.05) is 16.8 Å². The fraction of sp³-hybridized carbons (Fsp3) is 0.194. The second-order valence-corrected chi connectivity index (χ2v) is 12.9. The third-order valence-corrected chi connectivity index (χ3v) is 10.8. The molecule has 4 aromatic rings. The van der Waals surface area contributed by atoms with Gasteiger partial charge in [-0.1, -0.05) is 76.6 Å². The van der Waals surface area contributed by atoms with E-state index in [4.69, 9.17) is 27.9 Å². The molecular formula is C31H23Cl2N3O6S2. The molecule has 2 aliphatic heterocycles. The molecule has 3 unspecified atom stereocenters. The number of benzene rings is 3. The van der Waals surface area contributed by atoms with Gasteiger partial charge >= 0.3 is 10.8 Å². The quantitative estimate of drug-likeness (QED) is 0.195. The molecule has 3 atom stereocenters. The zero-order valence-electron chi connectivity index (χ0n) is 23.0. The van der Waals surface area contributed by atoms with Gasteiger partial charge in [0.25, 0.3) is 0 Å². The summed E-state index contributed by atoms with van der Waals surface area (Å²) >= 11 is 15.1. The van der Waals surface area contributed by atoms with E-state index in [0.29, 0.717) is 32.4 Å². The lowest BCUT2D eigenvalue weighted by Crippen LogP contribution is -2.33. The third-order valence-electron chi connectivity index (χ3n) is 7.36. The number of hydrogen-bond acceptors (Lipinski definition) is 8. The molecule has 0 aliphatic carbocycles. The van der Waals surface area contributed by atoms with Crippen molar-refractivity contribution >= 4 is 81.4 Å². The number of nitrogens with one attached hydrogen (secondary N) is 1. The van der Waals surface area contributed by atoms with Crippen LogP contribution in [0.25, 0.3) is 0 Å². The number of amides is 3. The number of para-hydroxylation sites is 1. The molecule has 3 aromatic carbocycles. The summed E-state index contributed by atoms with van der Waals surface area (Å²) in [6.45, 7) is 1.61. The fourth-order valence-corrected chi connectivity index (χ4v) is 8.62. The van der Waals surface area contributed by atoms with Crippen molar-refractivity contribution in [3.63, 3.8) is 0 Å². The number of fused-ring (bicyclic) bond motifs is 2. The number of nitrogens with zero attached hydrogens (tertiary/aromatic N) is 2. The number of thiazole rings is 1. The zero-order valence-corrected chi connectivity index (χ0v) is 26.1. The van der Waals surface area contributed by atoms with Crippen molar-refractivity contribution in [3.8, 4) is 0 Å². The van der Waals surface area contributed by atoms with Crippen LogP contribution in [-0.2, 0) is 25.7 Å². The summed E-state index contributed by atoms with van der Waals surface area (Å²) in [6, 6.07) is 19.9. The Morgan fingerprint density at radius 2 is 1.66 bits per heavy atom. The smallest absolute Gasteiger partial charge is 0.338 e. The Balaban J connectivity index is 1.36. The lowest BCUT2D eigenvalue weighted by atomic mass is 9.83. The minimum Gasteiger partial charge on any atom is -0.462 e. The molecule has 1 fully saturated rings. The van der Waals surface area contributed by atoms with Gasteiger partial charge in [0, 0.05) is 16.5 Å². The van der Waals surface area contributed by atoms with Gasteiger partial charge in [-0.2, -0.15) is 0 Å². The van der Waals surface area contributed by atoms with Crippen LogP contribution in [-0.4, -0.2) is 40.1 Å². The van der Waals surface area contributed by atoms with Crippen LogP contribution in [0.5, 0.6) is 0 Å². The van der Waals surface area contributed by atoms with Gasteiger partial charge in [0.1, 0.15) is 11.8 Å². The molecule has 1 aromatic heterocycles. The predicted octanol–water partition coefficient (Wildman–Crippen LogP) is 5.83. The number of carbonyl (C=O) groups excluding carboxylic acids is 4. The summed E-state index contributed by atoms with van der Waals surface area (Å²) in [4.78, 5) is 67.5. The van der Waals surface area contributed by atoms with Gasteiger partial charge in [-0.15, -0.1) is 0 Å². The van der Waals surface area contributed by atoms with Gasteiger partial charge in [-0.25, -0.2) is 9.69 Å². The van der Waals surface area contributed by atoms with Crippen LogP contribution in [0.4, 0.5) is 11.4 Å². The predicted molar refractivity (Wildman–Crippen MR) is 170 cm³/mol. The first-order chi connectivity index (χ1) is 21.2. The number of ether oxygens (including phenoxy) is 1. The van der Waals surface area contributed by atoms with Crippen molar-refractivity contribution < 1.29 is 23.9 Å². The molecule has 224 valence electrons. The highest BCUT2D eigenvalue weighted by Gasteiger charge is 2.57. The highest BCUT2D eigenvalue weighted by Crippen LogP contribution is 2.55. The average molecular weight is 669 g/mol. The summed E-state index contributed by atoms with van der Waals surface area (Å²) in [6.07, 6.45) is 0. The minimum atomic E-state index is -0.867. The molecule has 0 spiro atoms. The van der Waals surface area contributed by atoms with Gasteiger partial charge in [0.15, 0.2) is 0 Å². The standard InChI is InChI=1S/C31H23Cl2N3O6S2/c1-2-42-30(40)16-11-13-17(14-12-16)34-21(37)15-35-29-26(44-31(35)41)22(19-9-6-10-20(32)24(19)33)23-25(43-29)28(39)36(27(23)38)18-7-4-3-5-8-18/h3-14,22-23,25H,2,15H2,1H3,(H,34,37). The topological polar surface area (TPSA) is 115 Å². The molecule has 3 heterocycles. The van der Waals surface area contributed by atoms with E-state index in [9.17, 15) is 24.0 Å². The summed E-state index contributed by atoms with van der Waals surface area (Å²) in [5, 5.41) is 2.80. The van der Waals surface area contributed by atoms with Crippen molar-refractivity contribution in [3.05, 3.63) is 109 Å². The van der Waals surface area contributed by atoms with E-state index in [-0.39, 0.29) is 23.2 Å². The van der Waals surface area contributed by atoms with Crippen LogP contribution >= 0.6 is 46.3 Å². The van der Waals surface area contributed by atoms with Crippen LogP contribution in [0.1, 0.15) is 33.6 Å². The number of aromatic nitrogens is 1. The maximum atomic E-state index is 14.0. The van der Waals surface area contributed by atoms with Crippen LogP contribution in [0.15, 0.2) is 82.6 Å². The first-order valence-corrected chi connectivity index (χ1v) is 16.0. The van der Waals surface area contributed by atoms with E-state index in [2.05, 4.69) is 5.32 Å². The Kier molecular flexibility index (Phi) is 8.38. The van der Waals surface area contributed by atoms with Crippen LogP contribution in [0, 0.1) is 5.92 Å². The summed E-state index contributed by atoms with van der Waals surface area (Å²) < 4.78 is 6.30. The van der Waals surface area contributed by atoms with Gasteiger partial charge in [0.2, 0.25) is 17.7 Å². The maximum absolute atomic E-state index is 14.0. The zero-order chi connectivity index (χ0) is 31.1. The Morgan fingerprint density at radius 1 is 0.932 bits per heavy atom. The van der Waals surface area contributed by atoms with Crippen LogP contribution in [0.2, 0.25) is 10.0 Å². The van der Waals surface area contributed by atoms with Crippen molar-refractivity contribution in [1.82, 2.24) is 4.57 Å². The van der Waals surface area contributed by atoms with E-state index in [1.165, 1.54) is 21.6 Å². The first-order valence-electron chi connectivity index (χ1n) is 13.5. The van der Waals surface area contributed by atoms with Gasteiger partial charge in [-0.05, 0) is 55.0 Å². The number of esters is 1. The highest BCUT2D eigenvalue weighted by atomic mass is 35.5. The third kappa shape index (κ3) is 5.34. The lowest BCUT2D eigenvalue weighted by molar-refractivity contribution is -0.122. The monoisotopic (exact) mass is 667 g/mol. The molecule has 13 heteroatoms. The van der Waals surface area contributed by atoms with E-state index >= 15 is 0 Å². The Hall–Kier alpha value is -3.90. The van der Waals surface area contributed by atoms with Gasteiger partial charge in [-0.3, -0.25) is 23.7 Å². The molecular weight excluding hydrogens is 645 g/mol. The van der Waals surface area contributed by atoms with Crippen LogP contribution < -0.4 is 15.1 Å². The molecule has 0 radical (unpaired) electrons. The van der Waals surface area contributed by atoms with E-state index in [1.54, 1.807) is 67.6 Å².